The fraction of sp³-hybridized carbons (Fsp3) is 0.536. The number of methoxy groups -OCH3 is 1. The van der Waals surface area contributed by atoms with E-state index in [1.807, 2.05) is 19.9 Å². The van der Waals surface area contributed by atoms with Crippen molar-refractivity contribution in [3.05, 3.63) is 51.9 Å². The number of pyridine rings is 1. The molecular weight excluding hydrogens is 494 g/mol. The lowest BCUT2D eigenvalue weighted by atomic mass is 9.99. The number of aromatic amines is 1. The van der Waals surface area contributed by atoms with Crippen LogP contribution in [0.5, 0.6) is 0 Å². The van der Waals surface area contributed by atoms with Crippen LogP contribution in [-0.4, -0.2) is 54.0 Å². The van der Waals surface area contributed by atoms with Crippen LogP contribution in [0.4, 0.5) is 0 Å². The molecule has 1 aliphatic heterocycles. The fourth-order valence-electron chi connectivity index (χ4n) is 4.63. The molecule has 9 heteroatoms. The highest BCUT2D eigenvalue weighted by Gasteiger charge is 2.23. The Hall–Kier alpha value is -2.68. The van der Waals surface area contributed by atoms with Gasteiger partial charge in [-0.25, -0.2) is 4.98 Å². The maximum Gasteiger partial charge on any atom is 0.311 e. The van der Waals surface area contributed by atoms with Gasteiger partial charge in [0.05, 0.1) is 36.8 Å². The van der Waals surface area contributed by atoms with Gasteiger partial charge in [0.1, 0.15) is 5.82 Å². The van der Waals surface area contributed by atoms with Crippen molar-refractivity contribution in [3.8, 4) is 11.4 Å². The third-order valence-electron chi connectivity index (χ3n) is 6.67. The number of ether oxygens (including phenoxy) is 3. The van der Waals surface area contributed by atoms with Crippen molar-refractivity contribution >= 4 is 29.4 Å². The number of hydrogen-bond donors (Lipinski definition) is 1. The average molecular weight is 532 g/mol. The molecule has 2 atom stereocenters. The lowest BCUT2D eigenvalue weighted by Crippen LogP contribution is -2.24. The first-order valence-electron chi connectivity index (χ1n) is 12.8. The number of hydrogen-bond acceptors (Lipinski definition) is 6. The third-order valence-corrected chi connectivity index (χ3v) is 6.67. The first-order valence-corrected chi connectivity index (χ1v) is 12.8. The Morgan fingerprint density at radius 2 is 2.08 bits per heavy atom. The Labute approximate surface area is 224 Å². The molecule has 1 unspecified atom stereocenters. The first-order chi connectivity index (χ1) is 17.4. The summed E-state index contributed by atoms with van der Waals surface area (Å²) >= 11 is 0. The van der Waals surface area contributed by atoms with Gasteiger partial charge in [-0.2, -0.15) is 0 Å². The van der Waals surface area contributed by atoms with E-state index < -0.39 is 0 Å². The molecule has 1 aliphatic rings. The van der Waals surface area contributed by atoms with Gasteiger partial charge in [-0.15, -0.1) is 12.4 Å². The van der Waals surface area contributed by atoms with Crippen molar-refractivity contribution < 1.29 is 19.0 Å². The van der Waals surface area contributed by atoms with E-state index in [2.05, 4.69) is 27.8 Å². The zero-order valence-electron chi connectivity index (χ0n) is 22.1. The summed E-state index contributed by atoms with van der Waals surface area (Å²) in [6.45, 7) is 8.95. The molecule has 202 valence electrons. The molecule has 2 aromatic heterocycles. The zero-order valence-corrected chi connectivity index (χ0v) is 22.9. The van der Waals surface area contributed by atoms with Crippen LogP contribution in [0, 0.1) is 24.7 Å². The van der Waals surface area contributed by atoms with Crippen LogP contribution < -0.4 is 5.56 Å². The minimum Gasteiger partial charge on any atom is -0.465 e. The van der Waals surface area contributed by atoms with Crippen LogP contribution in [0.3, 0.4) is 0 Å². The zero-order chi connectivity index (χ0) is 25.7. The van der Waals surface area contributed by atoms with Gasteiger partial charge in [0, 0.05) is 43.5 Å². The molecule has 0 saturated carbocycles. The Balaban J connectivity index is 0.00000380. The normalized spacial score (nSPS) is 16.2. The number of carbonyl (C=O) groups is 1. The van der Waals surface area contributed by atoms with Crippen LogP contribution in [0.2, 0.25) is 0 Å². The standard InChI is InChI=1S/C28H37N3O5.ClH/c1-18(2)15-36-28(33)22(17-34-4)7-5-20-6-8-25-24(12-20)30-26(23-11-19(3)27(32)29-13-23)31(25)14-21-9-10-35-16-21;/h6,8,11-13,18,21-22H,5,7,9-10,14-17H2,1-4H3,(H,29,32);1H/t21?,22-;/m0./s1. The molecule has 0 bridgehead atoms. The maximum absolute atomic E-state index is 12.5. The van der Waals surface area contributed by atoms with Gasteiger partial charge in [-0.05, 0) is 55.9 Å². The van der Waals surface area contributed by atoms with E-state index in [0.717, 1.165) is 60.6 Å². The van der Waals surface area contributed by atoms with Gasteiger partial charge in [0.25, 0.3) is 5.56 Å². The molecule has 8 nitrogen and oxygen atoms in total. The number of carbonyl (C=O) groups excluding carboxylic acids is 1. The molecule has 1 N–H and O–H groups in total. The Bertz CT molecular complexity index is 1250. The first kappa shape index (κ1) is 28.9. The number of imidazole rings is 1. The Morgan fingerprint density at radius 1 is 1.27 bits per heavy atom. The highest BCUT2D eigenvalue weighted by Crippen LogP contribution is 2.28. The van der Waals surface area contributed by atoms with Crippen LogP contribution >= 0.6 is 12.4 Å². The summed E-state index contributed by atoms with van der Waals surface area (Å²) in [5.74, 6) is 1.06. The minimum absolute atomic E-state index is 0. The molecule has 0 amide bonds. The second-order valence-corrected chi connectivity index (χ2v) is 10.2. The van der Waals surface area contributed by atoms with Crippen molar-refractivity contribution in [3.63, 3.8) is 0 Å². The summed E-state index contributed by atoms with van der Waals surface area (Å²) < 4.78 is 18.6. The number of esters is 1. The summed E-state index contributed by atoms with van der Waals surface area (Å²) in [7, 11) is 1.61. The Morgan fingerprint density at radius 3 is 2.76 bits per heavy atom. The lowest BCUT2D eigenvalue weighted by molar-refractivity contribution is -0.151. The largest absolute Gasteiger partial charge is 0.465 e. The minimum atomic E-state index is -0.302. The predicted octanol–water partition coefficient (Wildman–Crippen LogP) is 4.55. The number of aryl methyl sites for hydroxylation is 2. The van der Waals surface area contributed by atoms with E-state index in [1.165, 1.54) is 0 Å². The molecule has 0 spiro atoms. The highest BCUT2D eigenvalue weighted by molar-refractivity contribution is 5.85. The summed E-state index contributed by atoms with van der Waals surface area (Å²) in [5, 5.41) is 0. The SMILES string of the molecule is COC[C@H](CCc1ccc2c(c1)nc(-c1c[nH]c(=O)c(C)c1)n2CC1CCOC1)C(=O)OCC(C)C.Cl. The number of nitrogens with one attached hydrogen (secondary N) is 1. The van der Waals surface area contributed by atoms with Crippen molar-refractivity contribution in [1.29, 1.82) is 0 Å². The maximum atomic E-state index is 12.5. The molecule has 4 rings (SSSR count). The quantitative estimate of drug-likeness (QED) is 0.365. The monoisotopic (exact) mass is 531 g/mol. The number of aromatic nitrogens is 3. The number of halogens is 1. The topological polar surface area (TPSA) is 95.4 Å². The van der Waals surface area contributed by atoms with E-state index >= 15 is 0 Å². The lowest BCUT2D eigenvalue weighted by Gasteiger charge is -2.16. The molecule has 1 fully saturated rings. The summed E-state index contributed by atoms with van der Waals surface area (Å²) in [6, 6.07) is 8.21. The molecule has 1 aromatic carbocycles. The number of benzene rings is 1. The van der Waals surface area contributed by atoms with Crippen molar-refractivity contribution in [2.24, 2.45) is 17.8 Å². The van der Waals surface area contributed by atoms with E-state index in [4.69, 9.17) is 19.2 Å². The van der Waals surface area contributed by atoms with E-state index in [1.54, 1.807) is 20.2 Å². The van der Waals surface area contributed by atoms with Crippen molar-refractivity contribution in [1.82, 2.24) is 14.5 Å². The molecule has 1 saturated heterocycles. The molecule has 0 radical (unpaired) electrons. The van der Waals surface area contributed by atoms with E-state index in [0.29, 0.717) is 37.0 Å². The smallest absolute Gasteiger partial charge is 0.311 e. The van der Waals surface area contributed by atoms with Crippen LogP contribution in [-0.2, 0) is 32.0 Å². The fourth-order valence-corrected chi connectivity index (χ4v) is 4.63. The molecule has 0 aliphatic carbocycles. The second-order valence-electron chi connectivity index (χ2n) is 10.2. The summed E-state index contributed by atoms with van der Waals surface area (Å²) in [4.78, 5) is 32.3. The number of nitrogens with zero attached hydrogens (tertiary/aromatic N) is 2. The van der Waals surface area contributed by atoms with Crippen LogP contribution in [0.15, 0.2) is 35.3 Å². The molecule has 3 heterocycles. The van der Waals surface area contributed by atoms with Gasteiger partial charge in [-0.3, -0.25) is 9.59 Å². The highest BCUT2D eigenvalue weighted by atomic mass is 35.5. The summed E-state index contributed by atoms with van der Waals surface area (Å²) in [6.07, 6.45) is 4.12. The van der Waals surface area contributed by atoms with E-state index in [9.17, 15) is 9.59 Å². The van der Waals surface area contributed by atoms with Crippen LogP contribution in [0.1, 0.15) is 37.8 Å². The number of rotatable bonds is 11. The molecular formula is C28H38ClN3O5. The number of fused-ring (bicyclic) bond motifs is 1. The Kier molecular flexibility index (Phi) is 10.3. The van der Waals surface area contributed by atoms with Gasteiger partial charge in [0.15, 0.2) is 0 Å². The van der Waals surface area contributed by atoms with Crippen molar-refractivity contribution in [2.75, 3.05) is 33.5 Å². The second kappa shape index (κ2) is 13.2. The van der Waals surface area contributed by atoms with E-state index in [-0.39, 0.29) is 29.9 Å². The molecule has 37 heavy (non-hydrogen) atoms. The van der Waals surface area contributed by atoms with Gasteiger partial charge in [0.2, 0.25) is 0 Å². The third kappa shape index (κ3) is 7.21. The average Bonchev–Trinajstić information content (AvgIpc) is 3.50. The summed E-state index contributed by atoms with van der Waals surface area (Å²) in [5.41, 5.74) is 4.51. The van der Waals surface area contributed by atoms with Crippen molar-refractivity contribution in [2.45, 2.75) is 46.6 Å². The van der Waals surface area contributed by atoms with Gasteiger partial charge < -0.3 is 23.8 Å². The predicted molar refractivity (Wildman–Crippen MR) is 146 cm³/mol. The van der Waals surface area contributed by atoms with Gasteiger partial charge in [-0.1, -0.05) is 19.9 Å². The number of H-pyrrole nitrogens is 1. The van der Waals surface area contributed by atoms with Gasteiger partial charge >= 0.3 is 5.97 Å². The van der Waals surface area contributed by atoms with Crippen LogP contribution in [0.25, 0.3) is 22.4 Å². The molecule has 3 aromatic rings.